The SMILES string of the molecule is C=C(C)c1ccc(-c2nc3ccc(C(F)(F)F)cc3[nH]2)cc1. The van der Waals surface area contributed by atoms with Crippen LogP contribution in [0.5, 0.6) is 0 Å². The van der Waals surface area contributed by atoms with Gasteiger partial charge in [0.2, 0.25) is 0 Å². The van der Waals surface area contributed by atoms with Crippen LogP contribution in [-0.4, -0.2) is 9.97 Å². The first-order valence-corrected chi connectivity index (χ1v) is 6.68. The number of alkyl halides is 3. The monoisotopic (exact) mass is 302 g/mol. The molecular weight excluding hydrogens is 289 g/mol. The number of halogens is 3. The van der Waals surface area contributed by atoms with Crippen LogP contribution in [0.3, 0.4) is 0 Å². The van der Waals surface area contributed by atoms with Gasteiger partial charge in [-0.25, -0.2) is 4.98 Å². The lowest BCUT2D eigenvalue weighted by molar-refractivity contribution is -0.137. The molecule has 2 aromatic carbocycles. The zero-order chi connectivity index (χ0) is 15.9. The zero-order valence-corrected chi connectivity index (χ0v) is 11.8. The lowest BCUT2D eigenvalue weighted by atomic mass is 10.1. The molecule has 3 rings (SSSR count). The van der Waals surface area contributed by atoms with Crippen molar-refractivity contribution in [1.82, 2.24) is 9.97 Å². The van der Waals surface area contributed by atoms with Gasteiger partial charge in [-0.3, -0.25) is 0 Å². The summed E-state index contributed by atoms with van der Waals surface area (Å²) in [6.07, 6.45) is -4.36. The minimum absolute atomic E-state index is 0.369. The number of fused-ring (bicyclic) bond motifs is 1. The fourth-order valence-electron chi connectivity index (χ4n) is 2.24. The van der Waals surface area contributed by atoms with Crippen LogP contribution in [0.4, 0.5) is 13.2 Å². The average Bonchev–Trinajstić information content (AvgIpc) is 2.89. The highest BCUT2D eigenvalue weighted by atomic mass is 19.4. The maximum atomic E-state index is 12.7. The maximum Gasteiger partial charge on any atom is 0.416 e. The number of rotatable bonds is 2. The maximum absolute atomic E-state index is 12.7. The van der Waals surface area contributed by atoms with Gasteiger partial charge in [-0.1, -0.05) is 36.4 Å². The Hall–Kier alpha value is -2.56. The van der Waals surface area contributed by atoms with Crippen molar-refractivity contribution in [1.29, 1.82) is 0 Å². The van der Waals surface area contributed by atoms with Gasteiger partial charge in [0, 0.05) is 5.56 Å². The lowest BCUT2D eigenvalue weighted by Crippen LogP contribution is -2.04. The summed E-state index contributed by atoms with van der Waals surface area (Å²) in [4.78, 5) is 7.27. The van der Waals surface area contributed by atoms with Crippen molar-refractivity contribution < 1.29 is 13.2 Å². The van der Waals surface area contributed by atoms with Gasteiger partial charge in [-0.05, 0) is 30.7 Å². The van der Waals surface area contributed by atoms with Crippen LogP contribution in [0.2, 0.25) is 0 Å². The minimum atomic E-state index is -4.36. The van der Waals surface area contributed by atoms with Crippen molar-refractivity contribution in [2.75, 3.05) is 0 Å². The molecule has 2 nitrogen and oxygen atoms in total. The van der Waals surface area contributed by atoms with Gasteiger partial charge < -0.3 is 4.98 Å². The third-order valence-electron chi connectivity index (χ3n) is 3.46. The molecule has 22 heavy (non-hydrogen) atoms. The Bertz CT molecular complexity index is 842. The van der Waals surface area contributed by atoms with E-state index in [9.17, 15) is 13.2 Å². The normalized spacial score (nSPS) is 11.8. The predicted molar refractivity (Wildman–Crippen MR) is 81.2 cm³/mol. The molecule has 0 aliphatic carbocycles. The molecular formula is C17H13F3N2. The number of hydrogen-bond acceptors (Lipinski definition) is 1. The molecule has 0 unspecified atom stereocenters. The summed E-state index contributed by atoms with van der Waals surface area (Å²) in [7, 11) is 0. The number of allylic oxidation sites excluding steroid dienone is 1. The van der Waals surface area contributed by atoms with E-state index in [0.717, 1.165) is 28.8 Å². The number of hydrogen-bond donors (Lipinski definition) is 1. The van der Waals surface area contributed by atoms with Gasteiger partial charge in [-0.2, -0.15) is 13.2 Å². The van der Waals surface area contributed by atoms with E-state index in [0.29, 0.717) is 16.9 Å². The smallest absolute Gasteiger partial charge is 0.338 e. The third-order valence-corrected chi connectivity index (χ3v) is 3.46. The Morgan fingerprint density at radius 2 is 1.77 bits per heavy atom. The quantitative estimate of drug-likeness (QED) is 0.685. The van der Waals surface area contributed by atoms with E-state index in [4.69, 9.17) is 0 Å². The molecule has 0 radical (unpaired) electrons. The van der Waals surface area contributed by atoms with Crippen molar-refractivity contribution in [3.8, 4) is 11.4 Å². The van der Waals surface area contributed by atoms with E-state index in [2.05, 4.69) is 16.5 Å². The van der Waals surface area contributed by atoms with Gasteiger partial charge in [-0.15, -0.1) is 0 Å². The van der Waals surface area contributed by atoms with Crippen molar-refractivity contribution >= 4 is 16.6 Å². The second kappa shape index (κ2) is 5.02. The Morgan fingerprint density at radius 1 is 1.09 bits per heavy atom. The molecule has 112 valence electrons. The third kappa shape index (κ3) is 2.62. The van der Waals surface area contributed by atoms with Gasteiger partial charge >= 0.3 is 6.18 Å². The first-order chi connectivity index (χ1) is 10.3. The molecule has 0 aliphatic heterocycles. The first-order valence-electron chi connectivity index (χ1n) is 6.68. The number of aromatic amines is 1. The molecule has 0 bridgehead atoms. The van der Waals surface area contributed by atoms with Crippen LogP contribution in [-0.2, 0) is 6.18 Å². The molecule has 0 aliphatic rings. The highest BCUT2D eigenvalue weighted by molar-refractivity contribution is 5.80. The molecule has 0 atom stereocenters. The number of nitrogens with zero attached hydrogens (tertiary/aromatic N) is 1. The molecule has 1 aromatic heterocycles. The Morgan fingerprint density at radius 3 is 2.36 bits per heavy atom. The topological polar surface area (TPSA) is 28.7 Å². The molecule has 5 heteroatoms. The standard InChI is InChI=1S/C17H13F3N2/c1-10(2)11-3-5-12(6-4-11)16-21-14-8-7-13(17(18,19)20)9-15(14)22-16/h3-9H,1H2,2H3,(H,21,22). The number of nitrogens with one attached hydrogen (secondary N) is 1. The summed E-state index contributed by atoms with van der Waals surface area (Å²) < 4.78 is 38.2. The molecule has 1 heterocycles. The van der Waals surface area contributed by atoms with E-state index in [1.165, 1.54) is 6.07 Å². The van der Waals surface area contributed by atoms with E-state index >= 15 is 0 Å². The van der Waals surface area contributed by atoms with Crippen LogP contribution in [0.15, 0.2) is 49.0 Å². The molecule has 0 amide bonds. The minimum Gasteiger partial charge on any atom is -0.338 e. The van der Waals surface area contributed by atoms with Crippen LogP contribution >= 0.6 is 0 Å². The highest BCUT2D eigenvalue weighted by Gasteiger charge is 2.30. The Labute approximate surface area is 125 Å². The van der Waals surface area contributed by atoms with Gasteiger partial charge in [0.05, 0.1) is 16.6 Å². The largest absolute Gasteiger partial charge is 0.416 e. The van der Waals surface area contributed by atoms with E-state index in [1.807, 2.05) is 31.2 Å². The van der Waals surface area contributed by atoms with Crippen LogP contribution in [0.1, 0.15) is 18.1 Å². The lowest BCUT2D eigenvalue weighted by Gasteiger charge is -2.05. The van der Waals surface area contributed by atoms with Crippen LogP contribution < -0.4 is 0 Å². The molecule has 3 aromatic rings. The zero-order valence-electron chi connectivity index (χ0n) is 11.8. The summed E-state index contributed by atoms with van der Waals surface area (Å²) in [5.41, 5.74) is 2.97. The Kier molecular flexibility index (Phi) is 3.28. The van der Waals surface area contributed by atoms with E-state index in [1.54, 1.807) is 0 Å². The molecule has 0 saturated carbocycles. The second-order valence-electron chi connectivity index (χ2n) is 5.17. The molecule has 0 fully saturated rings. The van der Waals surface area contributed by atoms with Crippen molar-refractivity contribution in [2.24, 2.45) is 0 Å². The number of H-pyrrole nitrogens is 1. The van der Waals surface area contributed by atoms with Crippen molar-refractivity contribution in [2.45, 2.75) is 13.1 Å². The highest BCUT2D eigenvalue weighted by Crippen LogP contribution is 2.31. The molecule has 0 spiro atoms. The second-order valence-corrected chi connectivity index (χ2v) is 5.17. The Balaban J connectivity index is 2.03. The van der Waals surface area contributed by atoms with Crippen molar-refractivity contribution in [3.63, 3.8) is 0 Å². The van der Waals surface area contributed by atoms with E-state index in [-0.39, 0.29) is 0 Å². The number of aromatic nitrogens is 2. The van der Waals surface area contributed by atoms with Gasteiger partial charge in [0.25, 0.3) is 0 Å². The number of imidazole rings is 1. The number of benzene rings is 2. The summed E-state index contributed by atoms with van der Waals surface area (Å²) >= 11 is 0. The molecule has 0 saturated heterocycles. The fourth-order valence-corrected chi connectivity index (χ4v) is 2.24. The molecule has 1 N–H and O–H groups in total. The average molecular weight is 302 g/mol. The van der Waals surface area contributed by atoms with Crippen LogP contribution in [0, 0.1) is 0 Å². The summed E-state index contributed by atoms with van der Waals surface area (Å²) in [6, 6.07) is 11.0. The first kappa shape index (κ1) is 14.4. The summed E-state index contributed by atoms with van der Waals surface area (Å²) in [5, 5.41) is 0. The van der Waals surface area contributed by atoms with Crippen LogP contribution in [0.25, 0.3) is 28.0 Å². The van der Waals surface area contributed by atoms with Gasteiger partial charge in [0.1, 0.15) is 5.82 Å². The fraction of sp³-hybridized carbons (Fsp3) is 0.118. The van der Waals surface area contributed by atoms with Gasteiger partial charge in [0.15, 0.2) is 0 Å². The summed E-state index contributed by atoms with van der Waals surface area (Å²) in [6.45, 7) is 5.78. The van der Waals surface area contributed by atoms with Crippen molar-refractivity contribution in [3.05, 3.63) is 60.2 Å². The predicted octanol–water partition coefficient (Wildman–Crippen LogP) is 5.28. The summed E-state index contributed by atoms with van der Waals surface area (Å²) in [5.74, 6) is 0.544. The van der Waals surface area contributed by atoms with E-state index < -0.39 is 11.7 Å².